The van der Waals surface area contributed by atoms with Crippen LogP contribution in [0.25, 0.3) is 0 Å². The molecule has 2 heterocycles. The van der Waals surface area contributed by atoms with Gasteiger partial charge in [-0.1, -0.05) is 12.8 Å². The van der Waals surface area contributed by atoms with Gasteiger partial charge in [0.1, 0.15) is 0 Å². The molecule has 2 atom stereocenters. The molecule has 104 valence electrons. The van der Waals surface area contributed by atoms with Crippen LogP contribution >= 0.6 is 0 Å². The number of piperidine rings is 2. The van der Waals surface area contributed by atoms with E-state index in [4.69, 9.17) is 5.73 Å². The van der Waals surface area contributed by atoms with Crippen LogP contribution in [0.3, 0.4) is 0 Å². The van der Waals surface area contributed by atoms with Crippen molar-refractivity contribution in [2.45, 2.75) is 69.5 Å². The molecule has 0 aromatic rings. The zero-order valence-corrected chi connectivity index (χ0v) is 11.7. The largest absolute Gasteiger partial charge is 0.326 e. The van der Waals surface area contributed by atoms with Gasteiger partial charge in [-0.2, -0.15) is 0 Å². The van der Waals surface area contributed by atoms with E-state index in [2.05, 4.69) is 9.80 Å². The van der Waals surface area contributed by atoms with Crippen molar-refractivity contribution >= 4 is 0 Å². The van der Waals surface area contributed by atoms with Crippen molar-refractivity contribution in [3.05, 3.63) is 0 Å². The zero-order chi connectivity index (χ0) is 12.4. The van der Waals surface area contributed by atoms with Crippen molar-refractivity contribution in [3.8, 4) is 0 Å². The molecule has 0 amide bonds. The first kappa shape index (κ1) is 12.9. The summed E-state index contributed by atoms with van der Waals surface area (Å²) in [5, 5.41) is 0. The van der Waals surface area contributed by atoms with Crippen molar-refractivity contribution in [2.24, 2.45) is 5.73 Å². The molecule has 0 radical (unpaired) electrons. The molecule has 0 aromatic heterocycles. The molecule has 3 rings (SSSR count). The predicted molar refractivity (Wildman–Crippen MR) is 75.6 cm³/mol. The summed E-state index contributed by atoms with van der Waals surface area (Å²) in [4.78, 5) is 5.45. The first-order valence-electron chi connectivity index (χ1n) is 8.08. The molecule has 0 bridgehead atoms. The first-order valence-corrected chi connectivity index (χ1v) is 8.08. The monoisotopic (exact) mass is 251 g/mol. The maximum atomic E-state index is 6.24. The van der Waals surface area contributed by atoms with Gasteiger partial charge in [-0.25, -0.2) is 0 Å². The van der Waals surface area contributed by atoms with Crippen LogP contribution in [0.1, 0.15) is 51.4 Å². The van der Waals surface area contributed by atoms with Gasteiger partial charge < -0.3 is 10.6 Å². The van der Waals surface area contributed by atoms with Gasteiger partial charge in [-0.05, 0) is 64.7 Å². The van der Waals surface area contributed by atoms with Crippen LogP contribution in [0.4, 0.5) is 0 Å². The Kier molecular flexibility index (Phi) is 4.22. The van der Waals surface area contributed by atoms with Crippen LogP contribution in [-0.2, 0) is 0 Å². The lowest BCUT2D eigenvalue weighted by Crippen LogP contribution is -2.52. The molecular formula is C15H29N3. The number of hydrogen-bond donors (Lipinski definition) is 1. The van der Waals surface area contributed by atoms with E-state index in [9.17, 15) is 0 Å². The minimum Gasteiger partial charge on any atom is -0.326 e. The van der Waals surface area contributed by atoms with Gasteiger partial charge in [-0.15, -0.1) is 0 Å². The van der Waals surface area contributed by atoms with Crippen LogP contribution in [-0.4, -0.2) is 54.1 Å². The summed E-state index contributed by atoms with van der Waals surface area (Å²) in [6.45, 7) is 5.29. The third-order valence-electron chi connectivity index (χ3n) is 5.41. The van der Waals surface area contributed by atoms with Crippen molar-refractivity contribution in [2.75, 3.05) is 26.2 Å². The highest BCUT2D eigenvalue weighted by atomic mass is 15.2. The highest BCUT2D eigenvalue weighted by molar-refractivity contribution is 4.91. The molecule has 1 saturated carbocycles. The van der Waals surface area contributed by atoms with Gasteiger partial charge >= 0.3 is 0 Å². The van der Waals surface area contributed by atoms with E-state index in [1.54, 1.807) is 0 Å². The van der Waals surface area contributed by atoms with E-state index in [0.717, 1.165) is 6.04 Å². The second-order valence-corrected chi connectivity index (χ2v) is 6.53. The maximum Gasteiger partial charge on any atom is 0.0247 e. The quantitative estimate of drug-likeness (QED) is 0.812. The maximum absolute atomic E-state index is 6.24. The van der Waals surface area contributed by atoms with E-state index in [1.807, 2.05) is 0 Å². The van der Waals surface area contributed by atoms with Gasteiger partial charge in [0.05, 0.1) is 0 Å². The van der Waals surface area contributed by atoms with Gasteiger partial charge in [0.25, 0.3) is 0 Å². The van der Waals surface area contributed by atoms with Gasteiger partial charge in [-0.3, -0.25) is 4.90 Å². The molecule has 1 aliphatic carbocycles. The number of nitrogens with zero attached hydrogens (tertiary/aromatic N) is 2. The lowest BCUT2D eigenvalue weighted by atomic mass is 9.98. The second-order valence-electron chi connectivity index (χ2n) is 6.53. The van der Waals surface area contributed by atoms with Crippen LogP contribution in [0, 0.1) is 0 Å². The minimum atomic E-state index is 0.455. The fourth-order valence-corrected chi connectivity index (χ4v) is 4.29. The fourth-order valence-electron chi connectivity index (χ4n) is 4.29. The zero-order valence-electron chi connectivity index (χ0n) is 11.7. The summed E-state index contributed by atoms with van der Waals surface area (Å²) in [6.07, 6.45) is 11.0. The number of hydrogen-bond acceptors (Lipinski definition) is 3. The highest BCUT2D eigenvalue weighted by Crippen LogP contribution is 2.27. The van der Waals surface area contributed by atoms with Crippen LogP contribution in [0.5, 0.6) is 0 Å². The van der Waals surface area contributed by atoms with Crippen molar-refractivity contribution in [1.82, 2.24) is 9.80 Å². The van der Waals surface area contributed by atoms with Gasteiger partial charge in [0, 0.05) is 18.1 Å². The van der Waals surface area contributed by atoms with E-state index < -0.39 is 0 Å². The standard InChI is InChI=1S/C15H29N3/c16-14-5-4-6-15(14)18-11-7-13(8-12-18)17-9-2-1-3-10-17/h13-15H,1-12,16H2. The average Bonchev–Trinajstić information content (AvgIpc) is 2.86. The Morgan fingerprint density at radius 1 is 0.667 bits per heavy atom. The minimum absolute atomic E-state index is 0.455. The number of likely N-dealkylation sites (tertiary alicyclic amines) is 2. The van der Waals surface area contributed by atoms with E-state index in [-0.39, 0.29) is 0 Å². The van der Waals surface area contributed by atoms with Crippen molar-refractivity contribution in [3.63, 3.8) is 0 Å². The molecule has 2 unspecified atom stereocenters. The molecule has 3 heteroatoms. The molecule has 3 fully saturated rings. The molecule has 3 aliphatic rings. The van der Waals surface area contributed by atoms with Crippen molar-refractivity contribution in [1.29, 1.82) is 0 Å². The molecule has 2 aliphatic heterocycles. The van der Waals surface area contributed by atoms with Crippen LogP contribution < -0.4 is 5.73 Å². The predicted octanol–water partition coefficient (Wildman–Crippen LogP) is 1.82. The Hall–Kier alpha value is -0.120. The molecule has 2 N–H and O–H groups in total. The molecular weight excluding hydrogens is 222 g/mol. The second kappa shape index (κ2) is 5.89. The third-order valence-corrected chi connectivity index (χ3v) is 5.41. The van der Waals surface area contributed by atoms with Crippen LogP contribution in [0.15, 0.2) is 0 Å². The lowest BCUT2D eigenvalue weighted by Gasteiger charge is -2.42. The Labute approximate surface area is 112 Å². The number of nitrogens with two attached hydrogens (primary N) is 1. The summed E-state index contributed by atoms with van der Waals surface area (Å²) in [7, 11) is 0. The molecule has 0 aromatic carbocycles. The smallest absolute Gasteiger partial charge is 0.0247 e. The Morgan fingerprint density at radius 2 is 1.39 bits per heavy atom. The first-order chi connectivity index (χ1) is 8.84. The average molecular weight is 251 g/mol. The van der Waals surface area contributed by atoms with Gasteiger partial charge in [0.15, 0.2) is 0 Å². The normalized spacial score (nSPS) is 37.2. The topological polar surface area (TPSA) is 32.5 Å². The van der Waals surface area contributed by atoms with Gasteiger partial charge in [0.2, 0.25) is 0 Å². The molecule has 2 saturated heterocycles. The summed E-state index contributed by atoms with van der Waals surface area (Å²) in [6, 6.07) is 2.03. The SMILES string of the molecule is NC1CCCC1N1CCC(N2CCCCC2)CC1. The Bertz CT molecular complexity index is 254. The number of rotatable bonds is 2. The molecule has 18 heavy (non-hydrogen) atoms. The Balaban J connectivity index is 1.48. The third kappa shape index (κ3) is 2.73. The van der Waals surface area contributed by atoms with E-state index in [0.29, 0.717) is 12.1 Å². The molecule has 3 nitrogen and oxygen atoms in total. The fraction of sp³-hybridized carbons (Fsp3) is 1.00. The molecule has 0 spiro atoms. The summed E-state index contributed by atoms with van der Waals surface area (Å²) in [5.74, 6) is 0. The highest BCUT2D eigenvalue weighted by Gasteiger charge is 2.33. The summed E-state index contributed by atoms with van der Waals surface area (Å²) < 4.78 is 0. The summed E-state index contributed by atoms with van der Waals surface area (Å²) >= 11 is 0. The van der Waals surface area contributed by atoms with Crippen LogP contribution in [0.2, 0.25) is 0 Å². The van der Waals surface area contributed by atoms with E-state index in [1.165, 1.54) is 77.5 Å². The van der Waals surface area contributed by atoms with E-state index >= 15 is 0 Å². The Morgan fingerprint density at radius 3 is 2.00 bits per heavy atom. The summed E-state index contributed by atoms with van der Waals surface area (Å²) in [5.41, 5.74) is 6.24. The van der Waals surface area contributed by atoms with Crippen molar-refractivity contribution < 1.29 is 0 Å². The lowest BCUT2D eigenvalue weighted by molar-refractivity contribution is 0.0698.